The molecule has 0 saturated carbocycles. The number of benzene rings is 1. The molecule has 1 aliphatic rings. The van der Waals surface area contributed by atoms with Crippen molar-refractivity contribution < 1.29 is 19.0 Å². The van der Waals surface area contributed by atoms with Gasteiger partial charge in [-0.2, -0.15) is 0 Å². The van der Waals surface area contributed by atoms with Gasteiger partial charge in [-0.1, -0.05) is 25.8 Å². The van der Waals surface area contributed by atoms with Crippen LogP contribution in [0.1, 0.15) is 31.7 Å². The molecule has 2 rings (SSSR count). The second-order valence-electron chi connectivity index (χ2n) is 5.74. The first-order chi connectivity index (χ1) is 11.7. The second kappa shape index (κ2) is 9.98. The van der Waals surface area contributed by atoms with E-state index in [1.165, 1.54) is 6.42 Å². The van der Waals surface area contributed by atoms with Gasteiger partial charge in [-0.15, -0.1) is 0 Å². The molecule has 0 unspecified atom stereocenters. The van der Waals surface area contributed by atoms with E-state index in [-0.39, 0.29) is 5.91 Å². The first-order valence-electron chi connectivity index (χ1n) is 8.60. The molecule has 132 valence electrons. The molecule has 5 heteroatoms. The Labute approximate surface area is 144 Å². The Bertz CT molecular complexity index is 550. The molecule has 1 aliphatic heterocycles. The third kappa shape index (κ3) is 5.57. The number of unbranched alkanes of at least 4 members (excludes halogenated alkanes) is 2. The van der Waals surface area contributed by atoms with E-state index in [9.17, 15) is 4.79 Å². The van der Waals surface area contributed by atoms with E-state index in [2.05, 4.69) is 6.92 Å². The van der Waals surface area contributed by atoms with Gasteiger partial charge in [0, 0.05) is 19.2 Å². The topological polar surface area (TPSA) is 48.0 Å². The van der Waals surface area contributed by atoms with Crippen LogP contribution >= 0.6 is 0 Å². The molecular formula is C19H27NO4. The van der Waals surface area contributed by atoms with Gasteiger partial charge in [-0.3, -0.25) is 4.79 Å². The number of rotatable bonds is 8. The van der Waals surface area contributed by atoms with Crippen molar-refractivity contribution in [3.05, 3.63) is 29.8 Å². The zero-order chi connectivity index (χ0) is 17.2. The van der Waals surface area contributed by atoms with Crippen LogP contribution in [0.15, 0.2) is 24.3 Å². The second-order valence-corrected chi connectivity index (χ2v) is 5.74. The third-order valence-electron chi connectivity index (χ3n) is 3.93. The molecule has 0 aliphatic carbocycles. The lowest BCUT2D eigenvalue weighted by molar-refractivity contribution is -0.129. The van der Waals surface area contributed by atoms with Gasteiger partial charge in [0.25, 0.3) is 0 Å². The average molecular weight is 333 g/mol. The van der Waals surface area contributed by atoms with Crippen molar-refractivity contribution in [2.45, 2.75) is 26.2 Å². The van der Waals surface area contributed by atoms with Gasteiger partial charge >= 0.3 is 0 Å². The van der Waals surface area contributed by atoms with Gasteiger partial charge in [-0.25, -0.2) is 0 Å². The average Bonchev–Trinajstić information content (AvgIpc) is 2.64. The van der Waals surface area contributed by atoms with E-state index in [1.807, 2.05) is 18.2 Å². The van der Waals surface area contributed by atoms with Crippen molar-refractivity contribution in [3.63, 3.8) is 0 Å². The van der Waals surface area contributed by atoms with E-state index < -0.39 is 0 Å². The van der Waals surface area contributed by atoms with E-state index in [0.717, 1.165) is 24.2 Å². The molecule has 24 heavy (non-hydrogen) atoms. The van der Waals surface area contributed by atoms with Crippen molar-refractivity contribution in [1.29, 1.82) is 0 Å². The third-order valence-corrected chi connectivity index (χ3v) is 3.93. The van der Waals surface area contributed by atoms with Crippen LogP contribution in [0.4, 0.5) is 0 Å². The van der Waals surface area contributed by atoms with Crippen LogP contribution in [0.25, 0.3) is 6.08 Å². The van der Waals surface area contributed by atoms with E-state index in [4.69, 9.17) is 14.2 Å². The quantitative estimate of drug-likeness (QED) is 0.542. The predicted octanol–water partition coefficient (Wildman–Crippen LogP) is 3.14. The van der Waals surface area contributed by atoms with Gasteiger partial charge in [0.1, 0.15) is 0 Å². The summed E-state index contributed by atoms with van der Waals surface area (Å²) in [6.07, 6.45) is 6.77. The van der Waals surface area contributed by atoms with E-state index in [1.54, 1.807) is 24.2 Å². The first-order valence-corrected chi connectivity index (χ1v) is 8.60. The lowest BCUT2D eigenvalue weighted by Gasteiger charge is -2.25. The van der Waals surface area contributed by atoms with Gasteiger partial charge in [0.05, 0.1) is 26.9 Å². The Balaban J connectivity index is 1.95. The summed E-state index contributed by atoms with van der Waals surface area (Å²) in [5, 5.41) is 0. The number of hydrogen-bond donors (Lipinski definition) is 0. The van der Waals surface area contributed by atoms with Crippen molar-refractivity contribution in [1.82, 2.24) is 4.90 Å². The summed E-state index contributed by atoms with van der Waals surface area (Å²) in [5.41, 5.74) is 0.911. The molecule has 0 bridgehead atoms. The number of ether oxygens (including phenoxy) is 3. The van der Waals surface area contributed by atoms with Crippen molar-refractivity contribution in [2.24, 2.45) is 0 Å². The Morgan fingerprint density at radius 1 is 1.25 bits per heavy atom. The number of hydrogen-bond acceptors (Lipinski definition) is 4. The molecule has 0 aromatic heterocycles. The lowest BCUT2D eigenvalue weighted by Crippen LogP contribution is -2.39. The Hall–Kier alpha value is -2.01. The minimum atomic E-state index is 0.0113. The zero-order valence-electron chi connectivity index (χ0n) is 14.6. The van der Waals surface area contributed by atoms with Crippen molar-refractivity contribution in [3.8, 4) is 11.5 Å². The molecule has 0 radical (unpaired) electrons. The molecule has 1 amide bonds. The molecule has 1 fully saturated rings. The van der Waals surface area contributed by atoms with E-state index >= 15 is 0 Å². The number of morpholine rings is 1. The van der Waals surface area contributed by atoms with Crippen LogP contribution in [0, 0.1) is 0 Å². The Morgan fingerprint density at radius 3 is 2.75 bits per heavy atom. The number of amides is 1. The summed E-state index contributed by atoms with van der Waals surface area (Å²) in [6, 6.07) is 5.71. The molecule has 0 atom stereocenters. The fraction of sp³-hybridized carbons (Fsp3) is 0.526. The molecule has 1 aromatic carbocycles. The van der Waals surface area contributed by atoms with Crippen LogP contribution in [0.3, 0.4) is 0 Å². The number of nitrogens with zero attached hydrogens (tertiary/aromatic N) is 1. The molecule has 0 N–H and O–H groups in total. The summed E-state index contributed by atoms with van der Waals surface area (Å²) in [7, 11) is 1.63. The van der Waals surface area contributed by atoms with Crippen LogP contribution in [-0.2, 0) is 9.53 Å². The van der Waals surface area contributed by atoms with Crippen molar-refractivity contribution in [2.75, 3.05) is 40.0 Å². The minimum Gasteiger partial charge on any atom is -0.493 e. The van der Waals surface area contributed by atoms with Crippen LogP contribution < -0.4 is 9.47 Å². The number of carbonyl (C=O) groups excluding carboxylic acids is 1. The molecule has 1 heterocycles. The predicted molar refractivity (Wildman–Crippen MR) is 94.4 cm³/mol. The molecular weight excluding hydrogens is 306 g/mol. The fourth-order valence-corrected chi connectivity index (χ4v) is 2.50. The Kier molecular flexibility index (Phi) is 7.62. The number of carbonyl (C=O) groups is 1. The highest BCUT2D eigenvalue weighted by Crippen LogP contribution is 2.28. The maximum absolute atomic E-state index is 12.1. The summed E-state index contributed by atoms with van der Waals surface area (Å²) in [4.78, 5) is 13.9. The van der Waals surface area contributed by atoms with Crippen molar-refractivity contribution >= 4 is 12.0 Å². The van der Waals surface area contributed by atoms with Gasteiger partial charge in [-0.05, 0) is 30.2 Å². The molecule has 1 aromatic rings. The number of methoxy groups -OCH3 is 1. The summed E-state index contributed by atoms with van der Waals surface area (Å²) in [6.45, 7) is 5.37. The maximum Gasteiger partial charge on any atom is 0.246 e. The summed E-state index contributed by atoms with van der Waals surface area (Å²) >= 11 is 0. The normalized spacial score (nSPS) is 14.8. The molecule has 0 spiro atoms. The van der Waals surface area contributed by atoms with Gasteiger partial charge in [0.2, 0.25) is 5.91 Å². The standard InChI is InChI=1S/C19H27NO4/c1-3-4-5-12-24-17-8-6-16(15-18(17)22-2)7-9-19(21)20-10-13-23-14-11-20/h6-9,15H,3-5,10-14H2,1-2H3/b9-7-. The monoisotopic (exact) mass is 333 g/mol. The smallest absolute Gasteiger partial charge is 0.246 e. The zero-order valence-corrected chi connectivity index (χ0v) is 14.6. The fourth-order valence-electron chi connectivity index (χ4n) is 2.50. The highest BCUT2D eigenvalue weighted by molar-refractivity contribution is 5.91. The first kappa shape index (κ1) is 18.3. The highest BCUT2D eigenvalue weighted by atomic mass is 16.5. The SMILES string of the molecule is CCCCCOc1ccc(/C=C\C(=O)N2CCOCC2)cc1OC. The van der Waals surface area contributed by atoms with Gasteiger partial charge < -0.3 is 19.1 Å². The summed E-state index contributed by atoms with van der Waals surface area (Å²) in [5.74, 6) is 1.44. The lowest BCUT2D eigenvalue weighted by atomic mass is 10.2. The molecule has 5 nitrogen and oxygen atoms in total. The maximum atomic E-state index is 12.1. The Morgan fingerprint density at radius 2 is 2.04 bits per heavy atom. The van der Waals surface area contributed by atoms with Crippen LogP contribution in [-0.4, -0.2) is 50.8 Å². The highest BCUT2D eigenvalue weighted by Gasteiger charge is 2.14. The largest absolute Gasteiger partial charge is 0.493 e. The summed E-state index contributed by atoms with van der Waals surface area (Å²) < 4.78 is 16.4. The minimum absolute atomic E-state index is 0.0113. The van der Waals surface area contributed by atoms with E-state index in [0.29, 0.717) is 38.7 Å². The van der Waals surface area contributed by atoms with Crippen LogP contribution in [0.5, 0.6) is 11.5 Å². The van der Waals surface area contributed by atoms with Crippen LogP contribution in [0.2, 0.25) is 0 Å². The van der Waals surface area contributed by atoms with Gasteiger partial charge in [0.15, 0.2) is 11.5 Å². The molecule has 1 saturated heterocycles.